The Kier molecular flexibility index (Phi) is 2.80. The van der Waals surface area contributed by atoms with E-state index in [1.54, 1.807) is 18.2 Å². The molecule has 1 saturated heterocycles. The highest BCUT2D eigenvalue weighted by molar-refractivity contribution is 7.92. The lowest BCUT2D eigenvalue weighted by atomic mass is 10.2. The van der Waals surface area contributed by atoms with Gasteiger partial charge in [0.2, 0.25) is 9.84 Å². The van der Waals surface area contributed by atoms with Crippen molar-refractivity contribution >= 4 is 15.5 Å². The van der Waals surface area contributed by atoms with E-state index in [4.69, 9.17) is 10.5 Å². The Balaban J connectivity index is 1.91. The number of ether oxygens (including phenoxy) is 1. The molecule has 3 rings (SSSR count). The first-order chi connectivity index (χ1) is 9.10. The smallest absolute Gasteiger partial charge is 0.210 e. The minimum atomic E-state index is -3.54. The van der Waals surface area contributed by atoms with Crippen LogP contribution in [0.4, 0.5) is 5.69 Å². The number of rotatable bonds is 3. The van der Waals surface area contributed by atoms with E-state index in [0.29, 0.717) is 0 Å². The van der Waals surface area contributed by atoms with Gasteiger partial charge in [-0.05, 0) is 17.7 Å². The second-order valence-electron chi connectivity index (χ2n) is 4.42. The summed E-state index contributed by atoms with van der Waals surface area (Å²) < 4.78 is 30.1. The van der Waals surface area contributed by atoms with Crippen LogP contribution < -0.4 is 5.73 Å². The van der Waals surface area contributed by atoms with E-state index in [1.807, 2.05) is 30.3 Å². The van der Waals surface area contributed by atoms with Crippen molar-refractivity contribution in [1.82, 2.24) is 0 Å². The molecule has 0 bridgehead atoms. The van der Waals surface area contributed by atoms with Crippen LogP contribution in [0.5, 0.6) is 0 Å². The van der Waals surface area contributed by atoms with Crippen molar-refractivity contribution in [2.75, 3.05) is 5.73 Å². The number of epoxide rings is 1. The Morgan fingerprint density at radius 3 is 2.26 bits per heavy atom. The molecule has 5 heteroatoms. The van der Waals surface area contributed by atoms with E-state index in [1.165, 1.54) is 6.07 Å². The number of benzene rings is 2. The lowest BCUT2D eigenvalue weighted by Gasteiger charge is -2.04. The third-order valence-electron chi connectivity index (χ3n) is 3.11. The summed E-state index contributed by atoms with van der Waals surface area (Å²) in [5.74, 6) is 0. The van der Waals surface area contributed by atoms with Gasteiger partial charge in [0.1, 0.15) is 6.10 Å². The number of nitrogen functional groups attached to an aromatic ring is 1. The van der Waals surface area contributed by atoms with E-state index in [0.717, 1.165) is 5.56 Å². The zero-order chi connectivity index (χ0) is 13.5. The molecule has 0 amide bonds. The molecular formula is C14H13NO3S. The molecule has 4 nitrogen and oxygen atoms in total. The minimum absolute atomic E-state index is 0.137. The lowest BCUT2D eigenvalue weighted by molar-refractivity contribution is 0.399. The van der Waals surface area contributed by atoms with Gasteiger partial charge in [0.05, 0.1) is 10.6 Å². The Morgan fingerprint density at radius 2 is 1.58 bits per heavy atom. The molecule has 2 N–H and O–H groups in total. The molecule has 2 atom stereocenters. The third kappa shape index (κ3) is 2.11. The van der Waals surface area contributed by atoms with Crippen LogP contribution in [0, 0.1) is 0 Å². The summed E-state index contributed by atoms with van der Waals surface area (Å²) >= 11 is 0. The molecule has 1 aliphatic rings. The molecule has 2 aromatic carbocycles. The highest BCUT2D eigenvalue weighted by Gasteiger charge is 2.51. The van der Waals surface area contributed by atoms with Gasteiger partial charge in [-0.1, -0.05) is 42.5 Å². The number of para-hydroxylation sites is 1. The Bertz CT molecular complexity index is 698. The average molecular weight is 275 g/mol. The van der Waals surface area contributed by atoms with Gasteiger partial charge in [0, 0.05) is 0 Å². The average Bonchev–Trinajstić information content (AvgIpc) is 3.21. The van der Waals surface area contributed by atoms with Gasteiger partial charge in [-0.25, -0.2) is 8.42 Å². The number of sulfone groups is 1. The summed E-state index contributed by atoms with van der Waals surface area (Å²) in [4.78, 5) is 0.137. The zero-order valence-electron chi connectivity index (χ0n) is 10.1. The van der Waals surface area contributed by atoms with E-state index < -0.39 is 21.4 Å². The van der Waals surface area contributed by atoms with Crippen LogP contribution in [0.1, 0.15) is 11.7 Å². The monoisotopic (exact) mass is 275 g/mol. The molecule has 0 radical (unpaired) electrons. The normalized spacial score (nSPS) is 22.1. The molecule has 0 unspecified atom stereocenters. The fourth-order valence-corrected chi connectivity index (χ4v) is 3.74. The summed E-state index contributed by atoms with van der Waals surface area (Å²) in [6.07, 6.45) is -0.397. The van der Waals surface area contributed by atoms with Gasteiger partial charge >= 0.3 is 0 Å². The SMILES string of the molecule is Nc1ccccc1S(=O)(=O)[C@@H]1O[C@H]1c1ccccc1. The van der Waals surface area contributed by atoms with Crippen molar-refractivity contribution < 1.29 is 13.2 Å². The first-order valence-corrected chi connectivity index (χ1v) is 7.44. The summed E-state index contributed by atoms with van der Waals surface area (Å²) in [6.45, 7) is 0. The van der Waals surface area contributed by atoms with Crippen molar-refractivity contribution in [3.63, 3.8) is 0 Å². The molecular weight excluding hydrogens is 262 g/mol. The van der Waals surface area contributed by atoms with Crippen LogP contribution >= 0.6 is 0 Å². The van der Waals surface area contributed by atoms with Crippen LogP contribution in [0.2, 0.25) is 0 Å². The molecule has 2 aromatic rings. The molecule has 0 aliphatic carbocycles. The molecule has 0 saturated carbocycles. The molecule has 0 aromatic heterocycles. The molecule has 98 valence electrons. The van der Waals surface area contributed by atoms with E-state index >= 15 is 0 Å². The predicted octanol–water partition coefficient (Wildman–Crippen LogP) is 2.14. The van der Waals surface area contributed by atoms with Crippen molar-refractivity contribution in [1.29, 1.82) is 0 Å². The molecule has 1 aliphatic heterocycles. The van der Waals surface area contributed by atoms with Crippen LogP contribution in [0.3, 0.4) is 0 Å². The summed E-state index contributed by atoms with van der Waals surface area (Å²) in [6, 6.07) is 15.8. The van der Waals surface area contributed by atoms with Crippen LogP contribution in [-0.2, 0) is 14.6 Å². The Labute approximate surface area is 111 Å². The maximum Gasteiger partial charge on any atom is 0.210 e. The van der Waals surface area contributed by atoms with Crippen molar-refractivity contribution in [2.24, 2.45) is 0 Å². The zero-order valence-corrected chi connectivity index (χ0v) is 10.9. The molecule has 1 heterocycles. The van der Waals surface area contributed by atoms with Gasteiger partial charge in [-0.3, -0.25) is 0 Å². The van der Waals surface area contributed by atoms with Gasteiger partial charge in [0.15, 0.2) is 5.44 Å². The van der Waals surface area contributed by atoms with Crippen LogP contribution in [-0.4, -0.2) is 13.9 Å². The lowest BCUT2D eigenvalue weighted by Crippen LogP contribution is -2.11. The standard InChI is InChI=1S/C14H13NO3S/c15-11-8-4-5-9-12(11)19(16,17)14-13(18-14)10-6-2-1-3-7-10/h1-9,13-14H,15H2/t13-,14-/m0/s1. The van der Waals surface area contributed by atoms with Crippen molar-refractivity contribution in [2.45, 2.75) is 16.4 Å². The largest absolute Gasteiger partial charge is 0.398 e. The Morgan fingerprint density at radius 1 is 0.947 bits per heavy atom. The quantitative estimate of drug-likeness (QED) is 0.688. The molecule has 0 spiro atoms. The summed E-state index contributed by atoms with van der Waals surface area (Å²) in [5.41, 5.74) is 6.01. The highest BCUT2D eigenvalue weighted by atomic mass is 32.2. The van der Waals surface area contributed by atoms with E-state index in [9.17, 15) is 8.42 Å². The van der Waals surface area contributed by atoms with Gasteiger partial charge in [0.25, 0.3) is 0 Å². The molecule has 1 fully saturated rings. The third-order valence-corrected chi connectivity index (χ3v) is 5.07. The van der Waals surface area contributed by atoms with Crippen LogP contribution in [0.25, 0.3) is 0 Å². The van der Waals surface area contributed by atoms with Gasteiger partial charge in [-0.15, -0.1) is 0 Å². The first-order valence-electron chi connectivity index (χ1n) is 5.89. The van der Waals surface area contributed by atoms with Crippen molar-refractivity contribution in [3.8, 4) is 0 Å². The number of anilines is 1. The predicted molar refractivity (Wildman–Crippen MR) is 72.1 cm³/mol. The second-order valence-corrected chi connectivity index (χ2v) is 6.41. The van der Waals surface area contributed by atoms with Gasteiger partial charge in [-0.2, -0.15) is 0 Å². The molecule has 19 heavy (non-hydrogen) atoms. The maximum absolute atomic E-state index is 12.4. The maximum atomic E-state index is 12.4. The Hall–Kier alpha value is -1.85. The van der Waals surface area contributed by atoms with Crippen molar-refractivity contribution in [3.05, 3.63) is 60.2 Å². The van der Waals surface area contributed by atoms with E-state index in [2.05, 4.69) is 0 Å². The number of nitrogens with two attached hydrogens (primary N) is 1. The first kappa shape index (κ1) is 12.2. The fraction of sp³-hybridized carbons (Fsp3) is 0.143. The van der Waals surface area contributed by atoms with E-state index in [-0.39, 0.29) is 10.6 Å². The minimum Gasteiger partial charge on any atom is -0.398 e. The number of hydrogen-bond acceptors (Lipinski definition) is 4. The fourth-order valence-electron chi connectivity index (χ4n) is 2.08. The summed E-state index contributed by atoms with van der Waals surface area (Å²) in [5, 5.41) is 0. The second kappa shape index (κ2) is 4.36. The summed E-state index contributed by atoms with van der Waals surface area (Å²) in [7, 11) is -3.54. The number of hydrogen-bond donors (Lipinski definition) is 1. The topological polar surface area (TPSA) is 72.7 Å². The highest BCUT2D eigenvalue weighted by Crippen LogP contribution is 2.45. The van der Waals surface area contributed by atoms with Gasteiger partial charge < -0.3 is 10.5 Å². The van der Waals surface area contributed by atoms with Crippen LogP contribution in [0.15, 0.2) is 59.5 Å².